The highest BCUT2D eigenvalue weighted by atomic mass is 16.4. The molecule has 0 N–H and O–H groups in total. The van der Waals surface area contributed by atoms with Gasteiger partial charge in [-0.1, -0.05) is 102 Å². The van der Waals surface area contributed by atoms with Crippen LogP contribution in [-0.4, -0.2) is 20.0 Å². The molecule has 0 unspecified atom stereocenters. The number of methoxy groups -OCH3 is 1. The zero-order valence-electron chi connectivity index (χ0n) is 16.1. The average Bonchev–Trinajstić information content (AvgIpc) is 2.68. The van der Waals surface area contributed by atoms with Gasteiger partial charge in [-0.05, 0) is 0 Å². The topological polar surface area (TPSA) is 26.3 Å². The van der Waals surface area contributed by atoms with Crippen LogP contribution in [0.5, 0.6) is 0 Å². The van der Waals surface area contributed by atoms with Gasteiger partial charge in [0.2, 0.25) is 0 Å². The molecule has 0 saturated carbocycles. The molecular formula is C21H34O2. The van der Waals surface area contributed by atoms with Gasteiger partial charge in [0, 0.05) is 25.3 Å². The Hall–Kier alpha value is -1.93. The molecule has 0 saturated heterocycles. The van der Waals surface area contributed by atoms with Crippen LogP contribution in [0.25, 0.3) is 0 Å². The lowest BCUT2D eigenvalue weighted by molar-refractivity contribution is 0.103. The van der Waals surface area contributed by atoms with Gasteiger partial charge in [0.05, 0.1) is 0 Å². The van der Waals surface area contributed by atoms with E-state index in [4.69, 9.17) is 0 Å². The summed E-state index contributed by atoms with van der Waals surface area (Å²) in [6.07, 6.45) is 0. The highest BCUT2D eigenvalue weighted by Crippen LogP contribution is 2.08. The van der Waals surface area contributed by atoms with Crippen molar-refractivity contribution in [2.24, 2.45) is 0 Å². The fraction of sp³-hybridized carbons (Fsp3) is 0.381. The highest BCUT2D eigenvalue weighted by molar-refractivity contribution is 6.08. The summed E-state index contributed by atoms with van der Waals surface area (Å²) in [6, 6.07) is 18.6. The fourth-order valence-corrected chi connectivity index (χ4v) is 1.35. The zero-order valence-corrected chi connectivity index (χ0v) is 16.1. The summed E-state index contributed by atoms with van der Waals surface area (Å²) in [6.45, 7) is 12.0. The predicted octanol–water partition coefficient (Wildman–Crippen LogP) is 6.26. The SMILES string of the molecule is CC.CC.CC.COC.O=C(c1ccccc1)c1ccccc1. The molecule has 130 valence electrons. The standard InChI is InChI=1S/C13H10O.C2H6O.3C2H6/c14-13(11-7-3-1-4-8-11)12-9-5-2-6-10-12;1-3-2;3*1-2/h1-10H;1-2H3;3*1-2H3. The van der Waals surface area contributed by atoms with Crippen LogP contribution in [0.2, 0.25) is 0 Å². The van der Waals surface area contributed by atoms with Crippen molar-refractivity contribution in [2.75, 3.05) is 14.2 Å². The number of carbonyl (C=O) groups is 1. The average molecular weight is 319 g/mol. The fourth-order valence-electron chi connectivity index (χ4n) is 1.35. The molecular weight excluding hydrogens is 284 g/mol. The Kier molecular flexibility index (Phi) is 25.3. The third kappa shape index (κ3) is 13.5. The van der Waals surface area contributed by atoms with Crippen LogP contribution in [-0.2, 0) is 4.74 Å². The van der Waals surface area contributed by atoms with Gasteiger partial charge in [0.25, 0.3) is 0 Å². The lowest BCUT2D eigenvalue weighted by atomic mass is 10.0. The molecule has 2 heteroatoms. The minimum Gasteiger partial charge on any atom is -0.388 e. The second kappa shape index (κ2) is 22.4. The van der Waals surface area contributed by atoms with Gasteiger partial charge < -0.3 is 4.74 Å². The molecule has 0 amide bonds. The second-order valence-electron chi connectivity index (χ2n) is 3.47. The number of hydrogen-bond acceptors (Lipinski definition) is 2. The van der Waals surface area contributed by atoms with Crippen molar-refractivity contribution in [2.45, 2.75) is 41.5 Å². The van der Waals surface area contributed by atoms with Crippen molar-refractivity contribution in [3.05, 3.63) is 71.8 Å². The quantitative estimate of drug-likeness (QED) is 0.611. The molecule has 2 rings (SSSR count). The Labute approximate surface area is 143 Å². The van der Waals surface area contributed by atoms with Crippen molar-refractivity contribution in [3.8, 4) is 0 Å². The summed E-state index contributed by atoms with van der Waals surface area (Å²) in [5.41, 5.74) is 1.47. The Bertz CT molecular complexity index is 394. The summed E-state index contributed by atoms with van der Waals surface area (Å²) in [7, 11) is 3.25. The van der Waals surface area contributed by atoms with Crippen molar-refractivity contribution in [1.82, 2.24) is 0 Å². The largest absolute Gasteiger partial charge is 0.388 e. The molecule has 2 nitrogen and oxygen atoms in total. The van der Waals surface area contributed by atoms with Crippen molar-refractivity contribution in [1.29, 1.82) is 0 Å². The van der Waals surface area contributed by atoms with E-state index in [1.807, 2.05) is 102 Å². The molecule has 2 aromatic rings. The van der Waals surface area contributed by atoms with Gasteiger partial charge in [-0.2, -0.15) is 0 Å². The van der Waals surface area contributed by atoms with E-state index in [-0.39, 0.29) is 5.78 Å². The van der Waals surface area contributed by atoms with Crippen LogP contribution < -0.4 is 0 Å². The molecule has 0 aliphatic rings. The van der Waals surface area contributed by atoms with E-state index in [0.717, 1.165) is 11.1 Å². The van der Waals surface area contributed by atoms with E-state index < -0.39 is 0 Å². The normalized spacial score (nSPS) is 7.48. The van der Waals surface area contributed by atoms with Gasteiger partial charge in [-0.15, -0.1) is 0 Å². The van der Waals surface area contributed by atoms with E-state index in [0.29, 0.717) is 0 Å². The first kappa shape index (κ1) is 26.0. The minimum absolute atomic E-state index is 0.0752. The summed E-state index contributed by atoms with van der Waals surface area (Å²) in [5, 5.41) is 0. The van der Waals surface area contributed by atoms with Crippen LogP contribution >= 0.6 is 0 Å². The number of rotatable bonds is 2. The van der Waals surface area contributed by atoms with Crippen molar-refractivity contribution < 1.29 is 9.53 Å². The van der Waals surface area contributed by atoms with Crippen LogP contribution in [0.15, 0.2) is 60.7 Å². The number of carbonyl (C=O) groups excluding carboxylic acids is 1. The molecule has 0 fully saturated rings. The molecule has 0 aliphatic heterocycles. The van der Waals surface area contributed by atoms with Gasteiger partial charge in [-0.25, -0.2) is 0 Å². The summed E-state index contributed by atoms with van der Waals surface area (Å²) < 4.78 is 4.25. The zero-order chi connectivity index (χ0) is 18.5. The van der Waals surface area contributed by atoms with Crippen LogP contribution in [0.3, 0.4) is 0 Å². The smallest absolute Gasteiger partial charge is 0.193 e. The van der Waals surface area contributed by atoms with E-state index in [1.54, 1.807) is 14.2 Å². The van der Waals surface area contributed by atoms with Gasteiger partial charge in [-0.3, -0.25) is 4.79 Å². The molecule has 0 aromatic heterocycles. The maximum Gasteiger partial charge on any atom is 0.193 e. The number of ketones is 1. The summed E-state index contributed by atoms with van der Waals surface area (Å²) in [4.78, 5) is 11.8. The molecule has 0 aliphatic carbocycles. The van der Waals surface area contributed by atoms with E-state index in [9.17, 15) is 4.79 Å². The maximum atomic E-state index is 11.8. The molecule has 23 heavy (non-hydrogen) atoms. The third-order valence-electron chi connectivity index (χ3n) is 2.07. The third-order valence-corrected chi connectivity index (χ3v) is 2.07. The van der Waals surface area contributed by atoms with Gasteiger partial charge >= 0.3 is 0 Å². The molecule has 0 bridgehead atoms. The molecule has 0 atom stereocenters. The summed E-state index contributed by atoms with van der Waals surface area (Å²) in [5.74, 6) is 0.0752. The summed E-state index contributed by atoms with van der Waals surface area (Å²) >= 11 is 0. The number of hydrogen-bond donors (Lipinski definition) is 0. The Morgan fingerprint density at radius 1 is 0.609 bits per heavy atom. The Morgan fingerprint density at radius 2 is 0.826 bits per heavy atom. The Morgan fingerprint density at radius 3 is 1.04 bits per heavy atom. The van der Waals surface area contributed by atoms with Crippen LogP contribution in [0, 0.1) is 0 Å². The second-order valence-corrected chi connectivity index (χ2v) is 3.47. The van der Waals surface area contributed by atoms with E-state index in [1.165, 1.54) is 0 Å². The van der Waals surface area contributed by atoms with Crippen molar-refractivity contribution in [3.63, 3.8) is 0 Å². The van der Waals surface area contributed by atoms with Gasteiger partial charge in [0.15, 0.2) is 5.78 Å². The first-order chi connectivity index (χ1) is 11.3. The van der Waals surface area contributed by atoms with Crippen molar-refractivity contribution >= 4 is 5.78 Å². The first-order valence-corrected chi connectivity index (χ1v) is 8.34. The van der Waals surface area contributed by atoms with Crippen LogP contribution in [0.1, 0.15) is 57.5 Å². The van der Waals surface area contributed by atoms with Gasteiger partial charge in [0.1, 0.15) is 0 Å². The number of ether oxygens (including phenoxy) is 1. The maximum absolute atomic E-state index is 11.8. The Balaban J connectivity index is -0.000000382. The lowest BCUT2D eigenvalue weighted by Crippen LogP contribution is -1.99. The van der Waals surface area contributed by atoms with Crippen LogP contribution in [0.4, 0.5) is 0 Å². The highest BCUT2D eigenvalue weighted by Gasteiger charge is 2.06. The molecule has 0 radical (unpaired) electrons. The predicted molar refractivity (Wildman–Crippen MR) is 103 cm³/mol. The minimum atomic E-state index is 0.0752. The van der Waals surface area contributed by atoms with E-state index >= 15 is 0 Å². The first-order valence-electron chi connectivity index (χ1n) is 8.34. The lowest BCUT2D eigenvalue weighted by Gasteiger charge is -1.99. The number of benzene rings is 2. The molecule has 0 spiro atoms. The monoisotopic (exact) mass is 318 g/mol. The molecule has 0 heterocycles. The van der Waals surface area contributed by atoms with E-state index in [2.05, 4.69) is 4.74 Å². The molecule has 2 aromatic carbocycles.